The van der Waals surface area contributed by atoms with E-state index in [9.17, 15) is 9.90 Å². The maximum atomic E-state index is 12.5. The number of phenolic OH excluding ortho intramolecular Hbond substituents is 1. The van der Waals surface area contributed by atoms with Crippen LogP contribution >= 0.6 is 23.4 Å². The minimum Gasteiger partial charge on any atom is -0.508 e. The molecule has 27 heavy (non-hydrogen) atoms. The first-order chi connectivity index (χ1) is 12.8. The van der Waals surface area contributed by atoms with E-state index in [0.717, 1.165) is 41.0 Å². The Balaban J connectivity index is 1.70. The molecule has 0 radical (unpaired) electrons. The summed E-state index contributed by atoms with van der Waals surface area (Å²) < 4.78 is -0.512. The first-order valence-electron chi connectivity index (χ1n) is 9.24. The van der Waals surface area contributed by atoms with Crippen LogP contribution in [0, 0.1) is 6.92 Å². The third kappa shape index (κ3) is 6.78. The van der Waals surface area contributed by atoms with Gasteiger partial charge >= 0.3 is 0 Å². The Morgan fingerprint density at radius 1 is 1.19 bits per heavy atom. The number of unbranched alkanes of at least 4 members (excludes halogenated alkanes) is 1. The van der Waals surface area contributed by atoms with E-state index in [0.29, 0.717) is 18.0 Å². The Bertz CT molecular complexity index is 777. The van der Waals surface area contributed by atoms with Crippen molar-refractivity contribution in [1.82, 2.24) is 5.32 Å². The molecule has 0 bridgehead atoms. The van der Waals surface area contributed by atoms with Crippen molar-refractivity contribution in [2.75, 3.05) is 6.54 Å². The van der Waals surface area contributed by atoms with Crippen molar-refractivity contribution in [3.8, 4) is 5.75 Å². The van der Waals surface area contributed by atoms with Gasteiger partial charge in [0.15, 0.2) is 0 Å². The van der Waals surface area contributed by atoms with Crippen molar-refractivity contribution < 1.29 is 9.90 Å². The van der Waals surface area contributed by atoms with Crippen LogP contribution in [0.4, 0.5) is 0 Å². The summed E-state index contributed by atoms with van der Waals surface area (Å²) >= 11 is 7.78. The molecule has 0 unspecified atom stereocenters. The number of halogens is 1. The number of benzene rings is 2. The van der Waals surface area contributed by atoms with Gasteiger partial charge in [-0.25, -0.2) is 0 Å². The van der Waals surface area contributed by atoms with Gasteiger partial charge in [0, 0.05) is 17.3 Å². The average Bonchev–Trinajstić information content (AvgIpc) is 2.63. The van der Waals surface area contributed by atoms with E-state index in [1.54, 1.807) is 11.8 Å². The number of phenols is 1. The molecule has 5 heteroatoms. The van der Waals surface area contributed by atoms with Crippen LogP contribution in [0.3, 0.4) is 0 Å². The molecule has 0 aliphatic heterocycles. The number of thioether (sulfide) groups is 1. The summed E-state index contributed by atoms with van der Waals surface area (Å²) in [5, 5.41) is 13.5. The molecule has 2 aromatic carbocycles. The second kappa shape index (κ2) is 10.0. The zero-order valence-electron chi connectivity index (χ0n) is 16.2. The third-order valence-corrected chi connectivity index (χ3v) is 6.28. The molecule has 0 aromatic heterocycles. The normalized spacial score (nSPS) is 11.4. The fourth-order valence-electron chi connectivity index (χ4n) is 2.62. The number of carbonyl (C=O) groups is 1. The maximum absolute atomic E-state index is 12.5. The van der Waals surface area contributed by atoms with Crippen LogP contribution in [0.25, 0.3) is 0 Å². The number of aromatic hydroxyl groups is 1. The van der Waals surface area contributed by atoms with Gasteiger partial charge < -0.3 is 10.4 Å². The molecule has 3 nitrogen and oxygen atoms in total. The fourth-order valence-corrected chi connectivity index (χ4v) is 3.87. The first kappa shape index (κ1) is 21.6. The van der Waals surface area contributed by atoms with E-state index in [4.69, 9.17) is 11.6 Å². The van der Waals surface area contributed by atoms with Crippen molar-refractivity contribution in [2.24, 2.45) is 0 Å². The number of hydrogen-bond donors (Lipinski definition) is 2. The quantitative estimate of drug-likeness (QED) is 0.541. The molecular formula is C22H28ClNO2S. The second-order valence-electron chi connectivity index (χ2n) is 7.22. The largest absolute Gasteiger partial charge is 0.508 e. The highest BCUT2D eigenvalue weighted by molar-refractivity contribution is 8.00. The van der Waals surface area contributed by atoms with Gasteiger partial charge in [-0.1, -0.05) is 41.9 Å². The molecule has 0 aliphatic rings. The topological polar surface area (TPSA) is 49.3 Å². The van der Waals surface area contributed by atoms with Crippen LogP contribution in [0.15, 0.2) is 42.5 Å². The Kier molecular flexibility index (Phi) is 8.06. The van der Waals surface area contributed by atoms with E-state index in [1.807, 2.05) is 63.2 Å². The van der Waals surface area contributed by atoms with Crippen LogP contribution in [0.2, 0.25) is 5.02 Å². The second-order valence-corrected chi connectivity index (χ2v) is 9.23. The summed E-state index contributed by atoms with van der Waals surface area (Å²) in [6, 6.07) is 13.5. The van der Waals surface area contributed by atoms with E-state index >= 15 is 0 Å². The predicted octanol–water partition coefficient (Wildman–Crippen LogP) is 5.50. The molecule has 0 heterocycles. The van der Waals surface area contributed by atoms with Crippen LogP contribution < -0.4 is 5.32 Å². The third-order valence-electron chi connectivity index (χ3n) is 4.54. The number of aryl methyl sites for hydroxylation is 2. The number of amides is 1. The number of rotatable bonds is 9. The van der Waals surface area contributed by atoms with Crippen molar-refractivity contribution in [3.63, 3.8) is 0 Å². The molecule has 0 fully saturated rings. The molecule has 0 saturated carbocycles. The van der Waals surface area contributed by atoms with Gasteiger partial charge in [0.2, 0.25) is 5.91 Å². The van der Waals surface area contributed by atoms with Gasteiger partial charge in [-0.05, 0) is 68.9 Å². The summed E-state index contributed by atoms with van der Waals surface area (Å²) in [6.07, 6.45) is 2.77. The van der Waals surface area contributed by atoms with Crippen molar-refractivity contribution in [1.29, 1.82) is 0 Å². The zero-order valence-corrected chi connectivity index (χ0v) is 17.8. The lowest BCUT2D eigenvalue weighted by Crippen LogP contribution is -2.40. The number of hydrogen-bond acceptors (Lipinski definition) is 3. The Labute approximate surface area is 171 Å². The molecule has 146 valence electrons. The molecule has 0 saturated heterocycles. The Hall–Kier alpha value is -1.65. The summed E-state index contributed by atoms with van der Waals surface area (Å²) in [4.78, 5) is 12.5. The minimum absolute atomic E-state index is 0.0486. The van der Waals surface area contributed by atoms with Gasteiger partial charge in [0.1, 0.15) is 5.75 Å². The Morgan fingerprint density at radius 2 is 1.93 bits per heavy atom. The number of nitrogens with one attached hydrogen (secondary N) is 1. The van der Waals surface area contributed by atoms with Gasteiger partial charge in [0.05, 0.1) is 4.75 Å². The van der Waals surface area contributed by atoms with Crippen LogP contribution in [0.5, 0.6) is 5.75 Å². The minimum atomic E-state index is -0.512. The smallest absolute Gasteiger partial charge is 0.235 e. The van der Waals surface area contributed by atoms with Gasteiger partial charge in [-0.3, -0.25) is 4.79 Å². The van der Waals surface area contributed by atoms with Gasteiger partial charge in [0.25, 0.3) is 0 Å². The zero-order chi connectivity index (χ0) is 19.9. The standard InChI is InChI=1S/C22H28ClNO2S/c1-16-11-12-17(14-20(16)25)8-6-7-13-24-21(26)22(2,3)27-15-18-9-4-5-10-19(18)23/h4-5,9-12,14,25H,6-8,13,15H2,1-3H3,(H,24,26). The summed E-state index contributed by atoms with van der Waals surface area (Å²) in [5.41, 5.74) is 3.06. The summed E-state index contributed by atoms with van der Waals surface area (Å²) in [5.74, 6) is 1.10. The Morgan fingerprint density at radius 3 is 2.63 bits per heavy atom. The lowest BCUT2D eigenvalue weighted by atomic mass is 10.1. The van der Waals surface area contributed by atoms with Crippen LogP contribution in [-0.2, 0) is 17.0 Å². The summed E-state index contributed by atoms with van der Waals surface area (Å²) in [7, 11) is 0. The summed E-state index contributed by atoms with van der Waals surface area (Å²) in [6.45, 7) is 6.44. The monoisotopic (exact) mass is 405 g/mol. The van der Waals surface area contributed by atoms with E-state index in [-0.39, 0.29) is 5.91 Å². The lowest BCUT2D eigenvalue weighted by molar-refractivity contribution is -0.122. The molecule has 2 rings (SSSR count). The van der Waals surface area contributed by atoms with E-state index < -0.39 is 4.75 Å². The highest BCUT2D eigenvalue weighted by Crippen LogP contribution is 2.30. The fraction of sp³-hybridized carbons (Fsp3) is 0.409. The number of carbonyl (C=O) groups excluding carboxylic acids is 1. The van der Waals surface area contributed by atoms with Crippen molar-refractivity contribution >= 4 is 29.3 Å². The van der Waals surface area contributed by atoms with Crippen LogP contribution in [-0.4, -0.2) is 22.3 Å². The SMILES string of the molecule is Cc1ccc(CCCCNC(=O)C(C)(C)SCc2ccccc2Cl)cc1O. The lowest BCUT2D eigenvalue weighted by Gasteiger charge is -2.23. The molecule has 0 atom stereocenters. The average molecular weight is 406 g/mol. The molecule has 1 amide bonds. The van der Waals surface area contributed by atoms with Gasteiger partial charge in [-0.15, -0.1) is 11.8 Å². The molecular weight excluding hydrogens is 378 g/mol. The molecule has 0 spiro atoms. The highest BCUT2D eigenvalue weighted by atomic mass is 35.5. The van der Waals surface area contributed by atoms with E-state index in [2.05, 4.69) is 5.32 Å². The first-order valence-corrected chi connectivity index (χ1v) is 10.6. The molecule has 0 aliphatic carbocycles. The highest BCUT2D eigenvalue weighted by Gasteiger charge is 2.27. The maximum Gasteiger partial charge on any atom is 0.235 e. The predicted molar refractivity (Wildman–Crippen MR) is 116 cm³/mol. The van der Waals surface area contributed by atoms with Gasteiger partial charge in [-0.2, -0.15) is 0 Å². The van der Waals surface area contributed by atoms with E-state index in [1.165, 1.54) is 0 Å². The van der Waals surface area contributed by atoms with Crippen LogP contribution in [0.1, 0.15) is 43.4 Å². The molecule has 2 aromatic rings. The molecule has 2 N–H and O–H groups in total. The van der Waals surface area contributed by atoms with Crippen molar-refractivity contribution in [2.45, 2.75) is 50.5 Å². The van der Waals surface area contributed by atoms with Crippen molar-refractivity contribution in [3.05, 3.63) is 64.2 Å².